The molecule has 0 atom stereocenters. The molecule has 0 aliphatic heterocycles. The van der Waals surface area contributed by atoms with E-state index >= 15 is 0 Å². The van der Waals surface area contributed by atoms with Gasteiger partial charge in [-0.3, -0.25) is 14.2 Å². The highest BCUT2D eigenvalue weighted by atomic mass is 127. The number of para-hydroxylation sites is 1. The van der Waals surface area contributed by atoms with Gasteiger partial charge in [-0.15, -0.1) is 0 Å². The van der Waals surface area contributed by atoms with Gasteiger partial charge in [0.25, 0.3) is 0 Å². The van der Waals surface area contributed by atoms with Gasteiger partial charge in [0, 0.05) is 16.0 Å². The normalized spacial score (nSPS) is 10.2. The van der Waals surface area contributed by atoms with Crippen molar-refractivity contribution < 1.29 is 0 Å². The summed E-state index contributed by atoms with van der Waals surface area (Å²) in [6.45, 7) is 0. The summed E-state index contributed by atoms with van der Waals surface area (Å²) in [5.41, 5.74) is -0.465. The lowest BCUT2D eigenvalue weighted by Gasteiger charge is -2.05. The summed E-state index contributed by atoms with van der Waals surface area (Å²) in [7, 11) is 0. The first-order chi connectivity index (χ1) is 7.20. The molecule has 0 aliphatic carbocycles. The van der Waals surface area contributed by atoms with Crippen LogP contribution in [-0.2, 0) is 0 Å². The molecule has 2 aromatic rings. The molecule has 0 spiro atoms. The second-order valence-electron chi connectivity index (χ2n) is 2.92. The fourth-order valence-corrected chi connectivity index (χ4v) is 1.91. The van der Waals surface area contributed by atoms with Crippen LogP contribution in [0.1, 0.15) is 0 Å². The zero-order chi connectivity index (χ0) is 10.8. The molecule has 1 heterocycles. The van der Waals surface area contributed by atoms with Crippen molar-refractivity contribution >= 4 is 22.6 Å². The quantitative estimate of drug-likeness (QED) is 0.634. The molecule has 2 rings (SSSR count). The Hall–Kier alpha value is -1.37. The summed E-state index contributed by atoms with van der Waals surface area (Å²) in [6.07, 6.45) is 2.99. The second kappa shape index (κ2) is 4.01. The van der Waals surface area contributed by atoms with Crippen molar-refractivity contribution in [1.82, 2.24) is 9.55 Å². The van der Waals surface area contributed by atoms with Crippen molar-refractivity contribution in [3.8, 4) is 5.69 Å². The van der Waals surface area contributed by atoms with E-state index in [-0.39, 0.29) is 0 Å². The van der Waals surface area contributed by atoms with Crippen molar-refractivity contribution in [3.05, 3.63) is 60.9 Å². The van der Waals surface area contributed by atoms with Gasteiger partial charge in [-0.25, -0.2) is 0 Å². The van der Waals surface area contributed by atoms with Crippen molar-refractivity contribution in [2.24, 2.45) is 0 Å². The third-order valence-corrected chi connectivity index (χ3v) is 2.88. The number of aromatic amines is 1. The maximum Gasteiger partial charge on any atom is 0.320 e. The van der Waals surface area contributed by atoms with Crippen LogP contribution in [-0.4, -0.2) is 9.55 Å². The van der Waals surface area contributed by atoms with Crippen LogP contribution in [0.15, 0.2) is 46.2 Å². The van der Waals surface area contributed by atoms with Crippen LogP contribution in [0.3, 0.4) is 0 Å². The van der Waals surface area contributed by atoms with Gasteiger partial charge in [0.1, 0.15) is 0 Å². The topological polar surface area (TPSA) is 54.9 Å². The van der Waals surface area contributed by atoms with E-state index in [1.54, 1.807) is 12.3 Å². The lowest BCUT2D eigenvalue weighted by molar-refractivity contribution is 0.923. The Morgan fingerprint density at radius 1 is 1.20 bits per heavy atom. The average molecular weight is 314 g/mol. The first-order valence-electron chi connectivity index (χ1n) is 4.25. The molecule has 0 saturated heterocycles. The lowest BCUT2D eigenvalue weighted by atomic mass is 10.3. The predicted octanol–water partition coefficient (Wildman–Crippen LogP) is 1.13. The molecule has 4 nitrogen and oxygen atoms in total. The first kappa shape index (κ1) is 10.2. The Kier molecular flexibility index (Phi) is 2.72. The molecule has 1 aromatic carbocycles. The van der Waals surface area contributed by atoms with Crippen LogP contribution >= 0.6 is 22.6 Å². The van der Waals surface area contributed by atoms with Gasteiger partial charge in [-0.05, 0) is 34.7 Å². The SMILES string of the molecule is O=c1[nH]ccn(-c2ccccc2I)c1=O. The lowest BCUT2D eigenvalue weighted by Crippen LogP contribution is -2.34. The van der Waals surface area contributed by atoms with Crippen molar-refractivity contribution in [2.45, 2.75) is 0 Å². The minimum absolute atomic E-state index is 0.568. The molecule has 0 amide bonds. The summed E-state index contributed by atoms with van der Waals surface area (Å²) in [4.78, 5) is 25.0. The maximum atomic E-state index is 11.5. The first-order valence-corrected chi connectivity index (χ1v) is 5.33. The summed E-state index contributed by atoms with van der Waals surface area (Å²) >= 11 is 2.12. The number of nitrogens with zero attached hydrogens (tertiary/aromatic N) is 1. The molecule has 0 aliphatic rings. The Balaban J connectivity index is 2.76. The summed E-state index contributed by atoms with van der Waals surface area (Å²) in [5.74, 6) is 0. The average Bonchev–Trinajstić information content (AvgIpc) is 2.23. The van der Waals surface area contributed by atoms with E-state index in [9.17, 15) is 9.59 Å². The Morgan fingerprint density at radius 3 is 2.67 bits per heavy atom. The van der Waals surface area contributed by atoms with E-state index in [1.165, 1.54) is 10.8 Å². The number of hydrogen-bond acceptors (Lipinski definition) is 2. The van der Waals surface area contributed by atoms with Gasteiger partial charge >= 0.3 is 11.1 Å². The van der Waals surface area contributed by atoms with Crippen molar-refractivity contribution in [3.63, 3.8) is 0 Å². The van der Waals surface area contributed by atoms with E-state index in [1.807, 2.05) is 18.2 Å². The molecule has 0 radical (unpaired) electrons. The third kappa shape index (κ3) is 1.87. The molecule has 0 unspecified atom stereocenters. The molecule has 1 aromatic heterocycles. The molecule has 76 valence electrons. The van der Waals surface area contributed by atoms with Gasteiger partial charge in [0.15, 0.2) is 0 Å². The highest BCUT2D eigenvalue weighted by Gasteiger charge is 2.04. The number of rotatable bonds is 1. The van der Waals surface area contributed by atoms with E-state index < -0.39 is 11.1 Å². The molecule has 1 N–H and O–H groups in total. The summed E-state index contributed by atoms with van der Waals surface area (Å²) in [5, 5.41) is 0. The number of hydrogen-bond donors (Lipinski definition) is 1. The smallest absolute Gasteiger partial charge is 0.320 e. The van der Waals surface area contributed by atoms with Crippen molar-refractivity contribution in [1.29, 1.82) is 0 Å². The van der Waals surface area contributed by atoms with Crippen LogP contribution in [0.4, 0.5) is 0 Å². The maximum absolute atomic E-state index is 11.5. The van der Waals surface area contributed by atoms with Gasteiger partial charge < -0.3 is 4.98 Å². The van der Waals surface area contributed by atoms with Gasteiger partial charge in [0.2, 0.25) is 0 Å². The van der Waals surface area contributed by atoms with E-state index in [4.69, 9.17) is 0 Å². The molecular weight excluding hydrogens is 307 g/mol. The standard InChI is InChI=1S/C10H7IN2O2/c11-7-3-1-2-4-8(7)13-6-5-12-9(14)10(13)15/h1-6H,(H,12,14). The van der Waals surface area contributed by atoms with Crippen molar-refractivity contribution in [2.75, 3.05) is 0 Å². The molecule has 5 heteroatoms. The van der Waals surface area contributed by atoms with E-state index in [0.717, 1.165) is 3.57 Å². The van der Waals surface area contributed by atoms with Gasteiger partial charge in [-0.1, -0.05) is 12.1 Å². The summed E-state index contributed by atoms with van der Waals surface area (Å²) < 4.78 is 2.25. The number of halogens is 1. The predicted molar refractivity (Wildman–Crippen MR) is 65.4 cm³/mol. The minimum Gasteiger partial charge on any atom is -0.323 e. The largest absolute Gasteiger partial charge is 0.323 e. The second-order valence-corrected chi connectivity index (χ2v) is 4.08. The van der Waals surface area contributed by atoms with Crippen LogP contribution in [0.25, 0.3) is 5.69 Å². The summed E-state index contributed by atoms with van der Waals surface area (Å²) in [6, 6.07) is 7.38. The van der Waals surface area contributed by atoms with E-state index in [0.29, 0.717) is 5.69 Å². The minimum atomic E-state index is -0.614. The van der Waals surface area contributed by atoms with E-state index in [2.05, 4.69) is 27.6 Å². The van der Waals surface area contributed by atoms with Gasteiger partial charge in [0.05, 0.1) is 5.69 Å². The monoisotopic (exact) mass is 314 g/mol. The fraction of sp³-hybridized carbons (Fsp3) is 0. The number of benzene rings is 1. The third-order valence-electron chi connectivity index (χ3n) is 1.96. The fourth-order valence-electron chi connectivity index (χ4n) is 1.26. The van der Waals surface area contributed by atoms with Crippen LogP contribution < -0.4 is 11.1 Å². The van der Waals surface area contributed by atoms with Gasteiger partial charge in [-0.2, -0.15) is 0 Å². The number of nitrogens with one attached hydrogen (secondary N) is 1. The highest BCUT2D eigenvalue weighted by molar-refractivity contribution is 14.1. The molecule has 15 heavy (non-hydrogen) atoms. The molecular formula is C10H7IN2O2. The zero-order valence-corrected chi connectivity index (χ0v) is 9.76. The van der Waals surface area contributed by atoms with Crippen LogP contribution in [0.2, 0.25) is 0 Å². The van der Waals surface area contributed by atoms with Crippen LogP contribution in [0, 0.1) is 3.57 Å². The molecule has 0 saturated carbocycles. The number of H-pyrrole nitrogens is 1. The zero-order valence-electron chi connectivity index (χ0n) is 7.61. The molecule has 0 fully saturated rings. The number of aromatic nitrogens is 2. The Morgan fingerprint density at radius 2 is 1.93 bits per heavy atom. The van der Waals surface area contributed by atoms with Crippen LogP contribution in [0.5, 0.6) is 0 Å². The highest BCUT2D eigenvalue weighted by Crippen LogP contribution is 2.13. The molecule has 0 bridgehead atoms. The Bertz CT molecular complexity index is 601. The Labute approximate surface area is 98.7 Å².